The number of likely N-dealkylation sites (tertiary alicyclic amines) is 1. The Bertz CT molecular complexity index is 1070. The number of amides is 1. The molecule has 0 radical (unpaired) electrons. The molecular weight excluding hydrogens is 362 g/mol. The monoisotopic (exact) mass is 381 g/mol. The molecule has 144 valence electrons. The maximum absolute atomic E-state index is 12.7. The van der Waals surface area contributed by atoms with Crippen LogP contribution in [0.25, 0.3) is 10.9 Å². The number of carbonyl (C=O) groups is 1. The van der Waals surface area contributed by atoms with Crippen LogP contribution in [0.15, 0.2) is 47.8 Å². The summed E-state index contributed by atoms with van der Waals surface area (Å²) in [4.78, 5) is 39.3. The Hall–Kier alpha value is -3.49. The lowest BCUT2D eigenvalue weighted by atomic mass is 10.2. The zero-order valence-corrected chi connectivity index (χ0v) is 15.3. The highest BCUT2D eigenvalue weighted by atomic mass is 16.5. The zero-order chi connectivity index (χ0) is 19.5. The van der Waals surface area contributed by atoms with E-state index in [1.165, 1.54) is 30.4 Å². The van der Waals surface area contributed by atoms with Crippen molar-refractivity contribution in [1.29, 1.82) is 0 Å². The van der Waals surface area contributed by atoms with Gasteiger partial charge in [-0.3, -0.25) is 14.2 Å². The van der Waals surface area contributed by atoms with E-state index in [2.05, 4.69) is 15.0 Å². The van der Waals surface area contributed by atoms with Crippen LogP contribution in [0.5, 0.6) is 11.8 Å². The highest BCUT2D eigenvalue weighted by Crippen LogP contribution is 2.24. The normalized spacial score (nSPS) is 16.3. The van der Waals surface area contributed by atoms with Gasteiger partial charge in [0.2, 0.25) is 5.91 Å². The Morgan fingerprint density at radius 1 is 1.18 bits per heavy atom. The van der Waals surface area contributed by atoms with Crippen LogP contribution in [0.3, 0.4) is 0 Å². The predicted octanol–water partition coefficient (Wildman–Crippen LogP) is 0.875. The first-order valence-electron chi connectivity index (χ1n) is 8.89. The lowest BCUT2D eigenvalue weighted by Gasteiger charge is -2.18. The van der Waals surface area contributed by atoms with Crippen molar-refractivity contribution in [3.63, 3.8) is 0 Å². The van der Waals surface area contributed by atoms with Gasteiger partial charge in [-0.1, -0.05) is 12.1 Å². The summed E-state index contributed by atoms with van der Waals surface area (Å²) in [6, 6.07) is 7.08. The van der Waals surface area contributed by atoms with Gasteiger partial charge >= 0.3 is 0 Å². The molecule has 1 aliphatic rings. The number of methoxy groups -OCH3 is 1. The average molecular weight is 381 g/mol. The maximum Gasteiger partial charge on any atom is 0.278 e. The molecular formula is C19H19N5O4. The lowest BCUT2D eigenvalue weighted by Crippen LogP contribution is -2.36. The number of nitrogens with zero attached hydrogens (tertiary/aromatic N) is 5. The second kappa shape index (κ2) is 7.63. The molecule has 3 aromatic rings. The molecule has 1 aliphatic heterocycles. The molecule has 4 rings (SSSR count). The molecule has 0 saturated carbocycles. The molecule has 28 heavy (non-hydrogen) atoms. The van der Waals surface area contributed by atoms with E-state index in [4.69, 9.17) is 9.47 Å². The summed E-state index contributed by atoms with van der Waals surface area (Å²) in [7, 11) is 1.50. The van der Waals surface area contributed by atoms with Crippen molar-refractivity contribution in [2.45, 2.75) is 19.1 Å². The number of hydrogen-bond acceptors (Lipinski definition) is 7. The number of rotatable bonds is 5. The molecule has 0 bridgehead atoms. The highest BCUT2D eigenvalue weighted by Gasteiger charge is 2.29. The molecule has 1 saturated heterocycles. The van der Waals surface area contributed by atoms with E-state index in [1.54, 1.807) is 23.1 Å². The van der Waals surface area contributed by atoms with Crippen LogP contribution >= 0.6 is 0 Å². The number of ether oxygens (including phenoxy) is 2. The lowest BCUT2D eigenvalue weighted by molar-refractivity contribution is -0.131. The molecule has 0 N–H and O–H groups in total. The minimum Gasteiger partial charge on any atom is -0.477 e. The van der Waals surface area contributed by atoms with E-state index < -0.39 is 0 Å². The first kappa shape index (κ1) is 17.9. The first-order chi connectivity index (χ1) is 13.7. The summed E-state index contributed by atoms with van der Waals surface area (Å²) < 4.78 is 12.3. The smallest absolute Gasteiger partial charge is 0.278 e. The number of carbonyl (C=O) groups excluding carboxylic acids is 1. The Morgan fingerprint density at radius 2 is 1.96 bits per heavy atom. The van der Waals surface area contributed by atoms with E-state index in [0.717, 1.165) is 0 Å². The van der Waals surface area contributed by atoms with E-state index in [-0.39, 0.29) is 24.1 Å². The van der Waals surface area contributed by atoms with Gasteiger partial charge in [-0.15, -0.1) is 0 Å². The van der Waals surface area contributed by atoms with Crippen molar-refractivity contribution in [2.75, 3.05) is 20.2 Å². The van der Waals surface area contributed by atoms with E-state index >= 15 is 0 Å². The molecule has 0 spiro atoms. The van der Waals surface area contributed by atoms with Crippen LogP contribution in [0, 0.1) is 0 Å². The van der Waals surface area contributed by atoms with Crippen molar-refractivity contribution in [1.82, 2.24) is 24.4 Å². The van der Waals surface area contributed by atoms with Gasteiger partial charge in [-0.25, -0.2) is 15.0 Å². The Labute approximate surface area is 160 Å². The molecule has 9 nitrogen and oxygen atoms in total. The van der Waals surface area contributed by atoms with Crippen LogP contribution in [0.4, 0.5) is 0 Å². The summed E-state index contributed by atoms with van der Waals surface area (Å²) in [6.45, 7) is 0.897. The van der Waals surface area contributed by atoms with E-state index in [9.17, 15) is 9.59 Å². The van der Waals surface area contributed by atoms with Gasteiger partial charge in [0.25, 0.3) is 17.3 Å². The fraction of sp³-hybridized carbons (Fsp3) is 0.316. The molecule has 1 atom stereocenters. The molecule has 1 aromatic carbocycles. The summed E-state index contributed by atoms with van der Waals surface area (Å²) in [6.07, 6.45) is 4.91. The molecule has 1 fully saturated rings. The number of hydrogen-bond donors (Lipinski definition) is 0. The molecule has 2 aromatic heterocycles. The summed E-state index contributed by atoms with van der Waals surface area (Å²) in [5, 5.41) is 0.496. The Kier molecular flexibility index (Phi) is 4.88. The Morgan fingerprint density at radius 3 is 2.79 bits per heavy atom. The van der Waals surface area contributed by atoms with Crippen LogP contribution in [-0.2, 0) is 11.3 Å². The van der Waals surface area contributed by atoms with Crippen molar-refractivity contribution >= 4 is 16.8 Å². The minimum atomic E-state index is -0.227. The maximum atomic E-state index is 12.7. The standard InChI is InChI=1S/C19H19N5O4/c1-27-17-18(21-8-7-20-17)28-13-6-9-23(10-13)16(25)11-24-12-22-15-5-3-2-4-14(15)19(24)26/h2-5,7-8,12-13H,6,9-11H2,1H3. The summed E-state index contributed by atoms with van der Waals surface area (Å²) >= 11 is 0. The van der Waals surface area contributed by atoms with Crippen molar-refractivity contribution in [3.8, 4) is 11.8 Å². The fourth-order valence-corrected chi connectivity index (χ4v) is 3.21. The van der Waals surface area contributed by atoms with Gasteiger partial charge in [-0.2, -0.15) is 0 Å². The first-order valence-corrected chi connectivity index (χ1v) is 8.89. The van der Waals surface area contributed by atoms with Crippen LogP contribution in [-0.4, -0.2) is 56.6 Å². The largest absolute Gasteiger partial charge is 0.477 e. The number of para-hydroxylation sites is 1. The van der Waals surface area contributed by atoms with E-state index in [1.807, 2.05) is 6.07 Å². The van der Waals surface area contributed by atoms with Gasteiger partial charge in [-0.05, 0) is 12.1 Å². The van der Waals surface area contributed by atoms with Crippen molar-refractivity contribution in [3.05, 3.63) is 53.3 Å². The highest BCUT2D eigenvalue weighted by molar-refractivity contribution is 5.79. The van der Waals surface area contributed by atoms with Gasteiger partial charge in [0, 0.05) is 25.4 Å². The summed E-state index contributed by atoms with van der Waals surface area (Å²) in [5.74, 6) is 0.455. The van der Waals surface area contributed by atoms with E-state index in [0.29, 0.717) is 42.2 Å². The van der Waals surface area contributed by atoms with Gasteiger partial charge < -0.3 is 14.4 Å². The Balaban J connectivity index is 1.43. The van der Waals surface area contributed by atoms with Crippen LogP contribution in [0.2, 0.25) is 0 Å². The van der Waals surface area contributed by atoms with Gasteiger partial charge in [0.15, 0.2) is 0 Å². The summed E-state index contributed by atoms with van der Waals surface area (Å²) in [5.41, 5.74) is 0.388. The number of aromatic nitrogens is 4. The third-order valence-electron chi connectivity index (χ3n) is 4.64. The molecule has 1 amide bonds. The predicted molar refractivity (Wildman–Crippen MR) is 100 cm³/mol. The molecule has 3 heterocycles. The third kappa shape index (κ3) is 3.51. The average Bonchev–Trinajstić information content (AvgIpc) is 3.19. The topological polar surface area (TPSA) is 99.4 Å². The SMILES string of the molecule is COc1nccnc1OC1CCN(C(=O)Cn2cnc3ccccc3c2=O)C1. The van der Waals surface area contributed by atoms with Crippen LogP contribution < -0.4 is 15.0 Å². The quantitative estimate of drug-likeness (QED) is 0.647. The minimum absolute atomic E-state index is 0.0577. The molecule has 9 heteroatoms. The molecule has 0 aliphatic carbocycles. The van der Waals surface area contributed by atoms with Gasteiger partial charge in [0.05, 0.1) is 30.9 Å². The fourth-order valence-electron chi connectivity index (χ4n) is 3.21. The number of fused-ring (bicyclic) bond motifs is 1. The second-order valence-corrected chi connectivity index (χ2v) is 6.43. The van der Waals surface area contributed by atoms with Crippen molar-refractivity contribution < 1.29 is 14.3 Å². The second-order valence-electron chi connectivity index (χ2n) is 6.43. The van der Waals surface area contributed by atoms with Crippen LogP contribution in [0.1, 0.15) is 6.42 Å². The third-order valence-corrected chi connectivity index (χ3v) is 4.64. The zero-order valence-electron chi connectivity index (χ0n) is 15.3. The number of benzene rings is 1. The molecule has 1 unspecified atom stereocenters. The van der Waals surface area contributed by atoms with Crippen molar-refractivity contribution in [2.24, 2.45) is 0 Å². The van der Waals surface area contributed by atoms with Gasteiger partial charge in [0.1, 0.15) is 12.6 Å².